The van der Waals surface area contributed by atoms with Gasteiger partial charge >= 0.3 is 0 Å². The molecule has 96 valence electrons. The van der Waals surface area contributed by atoms with Gasteiger partial charge in [0.1, 0.15) is 0 Å². The molecule has 1 aromatic rings. The summed E-state index contributed by atoms with van der Waals surface area (Å²) < 4.78 is 0. The molecule has 2 nitrogen and oxygen atoms in total. The number of rotatable bonds is 8. The minimum absolute atomic E-state index is 0.158. The first-order chi connectivity index (χ1) is 8.22. The smallest absolute Gasteiger partial charge is 0.0544 e. The zero-order valence-corrected chi connectivity index (χ0v) is 11.2. The topological polar surface area (TPSA) is 33.1 Å². The monoisotopic (exact) mass is 235 g/mol. The molecule has 1 heterocycles. The number of nitrogens with zero attached hydrogens (tertiary/aromatic N) is 1. The predicted octanol–water partition coefficient (Wildman–Crippen LogP) is 3.65. The second-order valence-corrected chi connectivity index (χ2v) is 4.81. The molecule has 0 spiro atoms. The maximum absolute atomic E-state index is 9.85. The molecular formula is C15H25NO. The summed E-state index contributed by atoms with van der Waals surface area (Å²) in [7, 11) is 0. The Morgan fingerprint density at radius 3 is 2.71 bits per heavy atom. The highest BCUT2D eigenvalue weighted by Crippen LogP contribution is 2.10. The first-order valence-electron chi connectivity index (χ1n) is 6.83. The molecule has 0 amide bonds. The van der Waals surface area contributed by atoms with Crippen LogP contribution in [0.15, 0.2) is 18.2 Å². The van der Waals surface area contributed by atoms with E-state index in [0.29, 0.717) is 0 Å². The third-order valence-corrected chi connectivity index (χ3v) is 3.07. The Morgan fingerprint density at radius 1 is 1.18 bits per heavy atom. The second-order valence-electron chi connectivity index (χ2n) is 4.81. The van der Waals surface area contributed by atoms with Gasteiger partial charge in [-0.25, -0.2) is 0 Å². The molecule has 0 saturated carbocycles. The van der Waals surface area contributed by atoms with E-state index >= 15 is 0 Å². The number of aryl methyl sites for hydroxylation is 2. The van der Waals surface area contributed by atoms with Crippen molar-refractivity contribution >= 4 is 0 Å². The summed E-state index contributed by atoms with van der Waals surface area (Å²) in [5.74, 6) is 0. The lowest BCUT2D eigenvalue weighted by Crippen LogP contribution is -2.08. The van der Waals surface area contributed by atoms with Gasteiger partial charge in [-0.2, -0.15) is 0 Å². The molecule has 0 radical (unpaired) electrons. The molecule has 0 aliphatic carbocycles. The summed E-state index contributed by atoms with van der Waals surface area (Å²) in [5, 5.41) is 9.85. The molecule has 0 saturated heterocycles. The summed E-state index contributed by atoms with van der Waals surface area (Å²) in [6.45, 7) is 4.21. The van der Waals surface area contributed by atoms with Crippen LogP contribution in [0.25, 0.3) is 0 Å². The van der Waals surface area contributed by atoms with E-state index in [0.717, 1.165) is 37.1 Å². The molecule has 1 rings (SSSR count). The van der Waals surface area contributed by atoms with Gasteiger partial charge in [0.2, 0.25) is 0 Å². The van der Waals surface area contributed by atoms with Crippen molar-refractivity contribution in [3.8, 4) is 0 Å². The van der Waals surface area contributed by atoms with E-state index in [4.69, 9.17) is 0 Å². The van der Waals surface area contributed by atoms with Gasteiger partial charge in [0.05, 0.1) is 6.10 Å². The van der Waals surface area contributed by atoms with E-state index in [1.807, 2.05) is 25.1 Å². The fourth-order valence-electron chi connectivity index (χ4n) is 2.00. The number of hydrogen-bond acceptors (Lipinski definition) is 2. The lowest BCUT2D eigenvalue weighted by molar-refractivity contribution is 0.151. The number of aliphatic hydroxyl groups is 1. The minimum Gasteiger partial charge on any atom is -0.393 e. The van der Waals surface area contributed by atoms with Gasteiger partial charge in [-0.15, -0.1) is 0 Å². The van der Waals surface area contributed by atoms with Gasteiger partial charge in [-0.05, 0) is 38.3 Å². The third kappa shape index (κ3) is 6.42. The fraction of sp³-hybridized carbons (Fsp3) is 0.667. The molecule has 0 aliphatic rings. The number of aromatic nitrogens is 1. The Labute approximate surface area is 105 Å². The summed E-state index contributed by atoms with van der Waals surface area (Å²) >= 11 is 0. The van der Waals surface area contributed by atoms with Crippen molar-refractivity contribution in [2.75, 3.05) is 0 Å². The van der Waals surface area contributed by atoms with E-state index < -0.39 is 0 Å². The first kappa shape index (κ1) is 14.2. The molecule has 1 unspecified atom stereocenters. The molecule has 2 heteroatoms. The molecular weight excluding hydrogens is 210 g/mol. The van der Waals surface area contributed by atoms with Crippen LogP contribution < -0.4 is 0 Å². The van der Waals surface area contributed by atoms with Crippen LogP contribution in [0, 0.1) is 6.92 Å². The number of pyridine rings is 1. The standard InChI is InChI=1S/C15H25NO/c1-3-4-5-6-10-15(17)12-11-14-9-7-8-13(2)16-14/h7-9,15,17H,3-6,10-12H2,1-2H3. The van der Waals surface area contributed by atoms with Crippen LogP contribution in [-0.2, 0) is 6.42 Å². The van der Waals surface area contributed by atoms with Gasteiger partial charge in [0.25, 0.3) is 0 Å². The largest absolute Gasteiger partial charge is 0.393 e. The van der Waals surface area contributed by atoms with Gasteiger partial charge < -0.3 is 5.11 Å². The van der Waals surface area contributed by atoms with Crippen molar-refractivity contribution in [2.45, 2.75) is 64.9 Å². The molecule has 0 aromatic carbocycles. The highest BCUT2D eigenvalue weighted by molar-refractivity contribution is 5.09. The van der Waals surface area contributed by atoms with Crippen molar-refractivity contribution in [3.63, 3.8) is 0 Å². The van der Waals surface area contributed by atoms with E-state index in [1.165, 1.54) is 19.3 Å². The van der Waals surface area contributed by atoms with Gasteiger partial charge in [0.15, 0.2) is 0 Å². The average molecular weight is 235 g/mol. The quantitative estimate of drug-likeness (QED) is 0.698. The summed E-state index contributed by atoms with van der Waals surface area (Å²) in [5.41, 5.74) is 2.15. The van der Waals surface area contributed by atoms with Crippen molar-refractivity contribution in [1.82, 2.24) is 4.98 Å². The SMILES string of the molecule is CCCCCCC(O)CCc1cccc(C)n1. The van der Waals surface area contributed by atoms with Crippen molar-refractivity contribution in [2.24, 2.45) is 0 Å². The van der Waals surface area contributed by atoms with Crippen LogP contribution in [0.4, 0.5) is 0 Å². The lowest BCUT2D eigenvalue weighted by Gasteiger charge is -2.10. The second kappa shape index (κ2) is 8.24. The van der Waals surface area contributed by atoms with Crippen LogP contribution >= 0.6 is 0 Å². The van der Waals surface area contributed by atoms with E-state index in [1.54, 1.807) is 0 Å². The van der Waals surface area contributed by atoms with Gasteiger partial charge in [0, 0.05) is 11.4 Å². The van der Waals surface area contributed by atoms with Crippen LogP contribution in [0.3, 0.4) is 0 Å². The van der Waals surface area contributed by atoms with Crippen molar-refractivity contribution in [1.29, 1.82) is 0 Å². The summed E-state index contributed by atoms with van der Waals surface area (Å²) in [4.78, 5) is 4.44. The predicted molar refractivity (Wildman–Crippen MR) is 72.1 cm³/mol. The summed E-state index contributed by atoms with van der Waals surface area (Å²) in [6, 6.07) is 6.08. The molecule has 1 aromatic heterocycles. The van der Waals surface area contributed by atoms with Gasteiger partial charge in [-0.3, -0.25) is 4.98 Å². The Hall–Kier alpha value is -0.890. The zero-order valence-electron chi connectivity index (χ0n) is 11.2. The maximum Gasteiger partial charge on any atom is 0.0544 e. The molecule has 1 N–H and O–H groups in total. The molecule has 17 heavy (non-hydrogen) atoms. The Balaban J connectivity index is 2.17. The van der Waals surface area contributed by atoms with Crippen LogP contribution in [0.2, 0.25) is 0 Å². The molecule has 1 atom stereocenters. The number of aliphatic hydroxyl groups excluding tert-OH is 1. The van der Waals surface area contributed by atoms with E-state index in [9.17, 15) is 5.11 Å². The van der Waals surface area contributed by atoms with Crippen LogP contribution in [-0.4, -0.2) is 16.2 Å². The fourth-order valence-corrected chi connectivity index (χ4v) is 2.00. The zero-order chi connectivity index (χ0) is 12.5. The maximum atomic E-state index is 9.85. The number of hydrogen-bond donors (Lipinski definition) is 1. The molecule has 0 fully saturated rings. The highest BCUT2D eigenvalue weighted by atomic mass is 16.3. The Bertz CT molecular complexity index is 312. The Kier molecular flexibility index (Phi) is 6.87. The normalized spacial score (nSPS) is 12.6. The highest BCUT2D eigenvalue weighted by Gasteiger charge is 2.05. The van der Waals surface area contributed by atoms with Crippen LogP contribution in [0.1, 0.15) is 56.8 Å². The van der Waals surface area contributed by atoms with Crippen molar-refractivity contribution < 1.29 is 5.11 Å². The van der Waals surface area contributed by atoms with Crippen LogP contribution in [0.5, 0.6) is 0 Å². The van der Waals surface area contributed by atoms with Crippen molar-refractivity contribution in [3.05, 3.63) is 29.6 Å². The molecule has 0 aliphatic heterocycles. The minimum atomic E-state index is -0.158. The van der Waals surface area contributed by atoms with Gasteiger partial charge in [-0.1, -0.05) is 38.7 Å². The summed E-state index contributed by atoms with van der Waals surface area (Å²) in [6.07, 6.45) is 7.43. The lowest BCUT2D eigenvalue weighted by atomic mass is 10.0. The third-order valence-electron chi connectivity index (χ3n) is 3.07. The molecule has 0 bridgehead atoms. The number of unbranched alkanes of at least 4 members (excludes halogenated alkanes) is 3. The Morgan fingerprint density at radius 2 is 2.00 bits per heavy atom. The average Bonchev–Trinajstić information content (AvgIpc) is 2.32. The van der Waals surface area contributed by atoms with E-state index in [-0.39, 0.29) is 6.10 Å². The first-order valence-corrected chi connectivity index (χ1v) is 6.83. The van der Waals surface area contributed by atoms with E-state index in [2.05, 4.69) is 11.9 Å².